The van der Waals surface area contributed by atoms with Crippen LogP contribution in [0, 0.1) is 5.82 Å². The molecule has 0 saturated carbocycles. The average Bonchev–Trinajstić information content (AvgIpc) is 2.26. The highest BCUT2D eigenvalue weighted by Gasteiger charge is 2.02. The van der Waals surface area contributed by atoms with Gasteiger partial charge in [0, 0.05) is 13.0 Å². The van der Waals surface area contributed by atoms with Crippen molar-refractivity contribution < 1.29 is 13.9 Å². The number of carbonyl (C=O) groups is 1. The van der Waals surface area contributed by atoms with Gasteiger partial charge in [0.1, 0.15) is 5.82 Å². The normalized spacial score (nSPS) is 9.94. The first-order valence-electron chi connectivity index (χ1n) is 4.89. The first-order valence-corrected chi connectivity index (χ1v) is 5.27. The predicted octanol–water partition coefficient (Wildman–Crippen LogP) is 2.84. The van der Waals surface area contributed by atoms with E-state index in [1.54, 1.807) is 6.07 Å². The van der Waals surface area contributed by atoms with Crippen LogP contribution in [-0.2, 0) is 9.53 Å². The van der Waals surface area contributed by atoms with Gasteiger partial charge in [-0.2, -0.15) is 0 Å². The van der Waals surface area contributed by atoms with E-state index in [9.17, 15) is 9.18 Å². The fourth-order valence-electron chi connectivity index (χ4n) is 1.19. The Morgan fingerprint density at radius 2 is 2.31 bits per heavy atom. The van der Waals surface area contributed by atoms with Crippen LogP contribution in [0.1, 0.15) is 12.8 Å². The molecule has 0 radical (unpaired) electrons. The van der Waals surface area contributed by atoms with Gasteiger partial charge >= 0.3 is 5.97 Å². The second-order valence-corrected chi connectivity index (χ2v) is 3.64. The number of hydrogen-bond acceptors (Lipinski definition) is 3. The van der Waals surface area contributed by atoms with Gasteiger partial charge in [0.25, 0.3) is 0 Å². The molecule has 5 heteroatoms. The van der Waals surface area contributed by atoms with Gasteiger partial charge in [-0.1, -0.05) is 11.6 Å². The van der Waals surface area contributed by atoms with Crippen LogP contribution in [0.5, 0.6) is 0 Å². The summed E-state index contributed by atoms with van der Waals surface area (Å²) in [6, 6.07) is 4.13. The molecular weight excluding hydrogens is 233 g/mol. The molecule has 0 aliphatic heterocycles. The van der Waals surface area contributed by atoms with E-state index in [0.29, 0.717) is 30.1 Å². The van der Waals surface area contributed by atoms with E-state index < -0.39 is 0 Å². The largest absolute Gasteiger partial charge is 0.469 e. The van der Waals surface area contributed by atoms with E-state index in [4.69, 9.17) is 11.6 Å². The Labute approximate surface area is 98.5 Å². The highest BCUT2D eigenvalue weighted by Crippen LogP contribution is 2.22. The third-order valence-electron chi connectivity index (χ3n) is 2.03. The highest BCUT2D eigenvalue weighted by molar-refractivity contribution is 6.33. The number of nitrogens with one attached hydrogen (secondary N) is 1. The molecule has 0 saturated heterocycles. The third kappa shape index (κ3) is 4.06. The SMILES string of the molecule is COC(=O)CCCNc1ccc(F)cc1Cl. The molecule has 1 aromatic carbocycles. The van der Waals surface area contributed by atoms with E-state index in [1.807, 2.05) is 0 Å². The summed E-state index contributed by atoms with van der Waals surface area (Å²) in [4.78, 5) is 10.8. The molecule has 0 atom stereocenters. The number of carbonyl (C=O) groups excluding carboxylic acids is 1. The van der Waals surface area contributed by atoms with Gasteiger partial charge in [-0.3, -0.25) is 4.79 Å². The number of benzene rings is 1. The lowest BCUT2D eigenvalue weighted by molar-refractivity contribution is -0.140. The Bertz CT molecular complexity index is 371. The molecule has 0 bridgehead atoms. The van der Waals surface area contributed by atoms with Crippen LogP contribution in [0.4, 0.5) is 10.1 Å². The summed E-state index contributed by atoms with van der Waals surface area (Å²) < 4.78 is 17.2. The van der Waals surface area contributed by atoms with Gasteiger partial charge in [0.2, 0.25) is 0 Å². The molecule has 0 aliphatic carbocycles. The second kappa shape index (κ2) is 6.33. The monoisotopic (exact) mass is 245 g/mol. The lowest BCUT2D eigenvalue weighted by Gasteiger charge is -2.07. The zero-order valence-corrected chi connectivity index (χ0v) is 9.68. The Morgan fingerprint density at radius 1 is 1.56 bits per heavy atom. The van der Waals surface area contributed by atoms with Crippen molar-refractivity contribution in [2.45, 2.75) is 12.8 Å². The van der Waals surface area contributed by atoms with E-state index in [-0.39, 0.29) is 11.8 Å². The van der Waals surface area contributed by atoms with Crippen molar-refractivity contribution in [2.75, 3.05) is 19.0 Å². The lowest BCUT2D eigenvalue weighted by Crippen LogP contribution is -2.06. The van der Waals surface area contributed by atoms with E-state index >= 15 is 0 Å². The van der Waals surface area contributed by atoms with E-state index in [0.717, 1.165) is 0 Å². The molecular formula is C11H13ClFNO2. The zero-order chi connectivity index (χ0) is 12.0. The Kier molecular flexibility index (Phi) is 5.05. The summed E-state index contributed by atoms with van der Waals surface area (Å²) in [5, 5.41) is 3.34. The van der Waals surface area contributed by atoms with Crippen molar-refractivity contribution in [1.29, 1.82) is 0 Å². The molecule has 16 heavy (non-hydrogen) atoms. The van der Waals surface area contributed by atoms with Crippen molar-refractivity contribution in [1.82, 2.24) is 0 Å². The molecule has 0 spiro atoms. The van der Waals surface area contributed by atoms with Gasteiger partial charge in [-0.05, 0) is 24.6 Å². The minimum absolute atomic E-state index is 0.244. The maximum absolute atomic E-state index is 12.7. The molecule has 1 rings (SSSR count). The Morgan fingerprint density at radius 3 is 2.94 bits per heavy atom. The van der Waals surface area contributed by atoms with Crippen LogP contribution in [0.2, 0.25) is 5.02 Å². The maximum Gasteiger partial charge on any atom is 0.305 e. The number of halogens is 2. The van der Waals surface area contributed by atoms with Gasteiger partial charge < -0.3 is 10.1 Å². The van der Waals surface area contributed by atoms with Gasteiger partial charge in [-0.25, -0.2) is 4.39 Å². The minimum Gasteiger partial charge on any atom is -0.469 e. The number of hydrogen-bond donors (Lipinski definition) is 1. The zero-order valence-electron chi connectivity index (χ0n) is 8.93. The molecule has 0 aliphatic rings. The fraction of sp³-hybridized carbons (Fsp3) is 0.364. The van der Waals surface area contributed by atoms with Crippen molar-refractivity contribution >= 4 is 23.3 Å². The molecule has 1 aromatic rings. The first kappa shape index (κ1) is 12.8. The minimum atomic E-state index is -0.370. The number of ether oxygens (including phenoxy) is 1. The van der Waals surface area contributed by atoms with Crippen LogP contribution < -0.4 is 5.32 Å². The predicted molar refractivity (Wildman–Crippen MR) is 61.1 cm³/mol. The standard InChI is InChI=1S/C11H13ClFNO2/c1-16-11(15)3-2-6-14-10-5-4-8(13)7-9(10)12/h4-5,7,14H,2-3,6H2,1H3. The molecule has 88 valence electrons. The van der Waals surface area contributed by atoms with E-state index in [1.165, 1.54) is 19.2 Å². The molecule has 3 nitrogen and oxygen atoms in total. The van der Waals surface area contributed by atoms with Crippen molar-refractivity contribution in [3.63, 3.8) is 0 Å². The Balaban J connectivity index is 2.35. The van der Waals surface area contributed by atoms with Crippen molar-refractivity contribution in [3.8, 4) is 0 Å². The summed E-state index contributed by atoms with van der Waals surface area (Å²) in [6.45, 7) is 0.584. The van der Waals surface area contributed by atoms with Crippen LogP contribution in [0.15, 0.2) is 18.2 Å². The Hall–Kier alpha value is -1.29. The second-order valence-electron chi connectivity index (χ2n) is 3.23. The average molecular weight is 246 g/mol. The lowest BCUT2D eigenvalue weighted by atomic mass is 10.2. The highest BCUT2D eigenvalue weighted by atomic mass is 35.5. The summed E-state index contributed by atoms with van der Waals surface area (Å²) >= 11 is 5.80. The third-order valence-corrected chi connectivity index (χ3v) is 2.34. The van der Waals surface area contributed by atoms with Crippen LogP contribution in [-0.4, -0.2) is 19.6 Å². The van der Waals surface area contributed by atoms with Gasteiger partial charge in [0.05, 0.1) is 17.8 Å². The molecule has 0 aromatic heterocycles. The number of rotatable bonds is 5. The molecule has 0 unspecified atom stereocenters. The van der Waals surface area contributed by atoms with Gasteiger partial charge in [-0.15, -0.1) is 0 Å². The molecule has 0 amide bonds. The van der Waals surface area contributed by atoms with Gasteiger partial charge in [0.15, 0.2) is 0 Å². The topological polar surface area (TPSA) is 38.3 Å². The quantitative estimate of drug-likeness (QED) is 0.640. The van der Waals surface area contributed by atoms with Crippen LogP contribution in [0.3, 0.4) is 0 Å². The van der Waals surface area contributed by atoms with Crippen LogP contribution in [0.25, 0.3) is 0 Å². The summed E-state index contributed by atoms with van der Waals surface area (Å²) in [7, 11) is 1.35. The molecule has 1 N–H and O–H groups in total. The van der Waals surface area contributed by atoms with Crippen molar-refractivity contribution in [3.05, 3.63) is 29.0 Å². The first-order chi connectivity index (χ1) is 7.63. The maximum atomic E-state index is 12.7. The summed E-state index contributed by atoms with van der Waals surface area (Å²) in [5.74, 6) is -0.614. The van der Waals surface area contributed by atoms with Crippen molar-refractivity contribution in [2.24, 2.45) is 0 Å². The smallest absolute Gasteiger partial charge is 0.305 e. The van der Waals surface area contributed by atoms with E-state index in [2.05, 4.69) is 10.1 Å². The number of anilines is 1. The summed E-state index contributed by atoms with van der Waals surface area (Å²) in [6.07, 6.45) is 0.989. The van der Waals surface area contributed by atoms with Crippen LogP contribution >= 0.6 is 11.6 Å². The number of methoxy groups -OCH3 is 1. The molecule has 0 heterocycles. The fourth-order valence-corrected chi connectivity index (χ4v) is 1.42. The molecule has 0 fully saturated rings. The number of esters is 1. The summed E-state index contributed by atoms with van der Waals surface area (Å²) in [5.41, 5.74) is 0.660.